The molecule has 0 spiro atoms. The fourth-order valence-electron chi connectivity index (χ4n) is 2.90. The second kappa shape index (κ2) is 7.66. The molecule has 0 fully saturated rings. The van der Waals surface area contributed by atoms with Gasteiger partial charge in [-0.2, -0.15) is 10.4 Å². The van der Waals surface area contributed by atoms with Crippen molar-refractivity contribution in [2.75, 3.05) is 5.32 Å². The van der Waals surface area contributed by atoms with E-state index in [0.29, 0.717) is 27.8 Å². The zero-order chi connectivity index (χ0) is 19.7. The number of benzene rings is 1. The molecule has 4 aromatic rings. The van der Waals surface area contributed by atoms with Crippen molar-refractivity contribution in [1.82, 2.24) is 19.6 Å². The smallest absolute Gasteiger partial charge is 0.184 e. The van der Waals surface area contributed by atoms with Crippen molar-refractivity contribution in [3.8, 4) is 17.3 Å². The minimum absolute atomic E-state index is 0.325. The lowest BCUT2D eigenvalue weighted by molar-refractivity contribution is 0.628. The van der Waals surface area contributed by atoms with Crippen molar-refractivity contribution in [2.45, 2.75) is 19.9 Å². The SMILES string of the molecule is CCc1nc2ccc(Br)nn2c1CNc1nc(-c2ccc(F)cc2)c(C#N)s1. The van der Waals surface area contributed by atoms with Crippen molar-refractivity contribution in [3.05, 3.63) is 63.1 Å². The number of fused-ring (bicyclic) bond motifs is 1. The summed E-state index contributed by atoms with van der Waals surface area (Å²) in [7, 11) is 0. The first kappa shape index (κ1) is 18.5. The summed E-state index contributed by atoms with van der Waals surface area (Å²) < 4.78 is 15.7. The van der Waals surface area contributed by atoms with E-state index < -0.39 is 0 Å². The van der Waals surface area contributed by atoms with E-state index in [1.807, 2.05) is 19.1 Å². The van der Waals surface area contributed by atoms with Crippen molar-refractivity contribution < 1.29 is 4.39 Å². The molecule has 0 bridgehead atoms. The van der Waals surface area contributed by atoms with Crippen LogP contribution in [0.15, 0.2) is 41.0 Å². The van der Waals surface area contributed by atoms with Gasteiger partial charge in [0.2, 0.25) is 0 Å². The number of thiazole rings is 1. The van der Waals surface area contributed by atoms with Crippen LogP contribution in [0.5, 0.6) is 0 Å². The fraction of sp³-hybridized carbons (Fsp3) is 0.158. The number of hydrogen-bond acceptors (Lipinski definition) is 6. The molecular weight excluding hydrogens is 443 g/mol. The Bertz CT molecular complexity index is 1190. The van der Waals surface area contributed by atoms with Gasteiger partial charge in [-0.3, -0.25) is 0 Å². The molecule has 9 heteroatoms. The molecule has 0 radical (unpaired) electrons. The molecule has 0 aliphatic carbocycles. The summed E-state index contributed by atoms with van der Waals surface area (Å²) in [6, 6.07) is 11.9. The molecule has 1 N–H and O–H groups in total. The van der Waals surface area contributed by atoms with E-state index in [2.05, 4.69) is 42.4 Å². The molecule has 0 saturated carbocycles. The molecule has 3 aromatic heterocycles. The minimum atomic E-state index is -0.325. The standard InChI is InChI=1S/C19H14BrFN6S/c1-2-13-14(27-17(24-13)8-7-16(20)26-27)10-23-19-25-18(15(9-22)28-19)11-3-5-12(21)6-4-11/h3-8H,2,10H2,1H3,(H,23,25). The van der Waals surface area contributed by atoms with Crippen molar-refractivity contribution in [3.63, 3.8) is 0 Å². The van der Waals surface area contributed by atoms with Crippen LogP contribution in [0.25, 0.3) is 16.9 Å². The third-order valence-electron chi connectivity index (χ3n) is 4.21. The van der Waals surface area contributed by atoms with Gasteiger partial charge >= 0.3 is 0 Å². The van der Waals surface area contributed by atoms with Crippen molar-refractivity contribution in [2.24, 2.45) is 0 Å². The number of nitrogens with one attached hydrogen (secondary N) is 1. The zero-order valence-corrected chi connectivity index (χ0v) is 17.2. The largest absolute Gasteiger partial charge is 0.356 e. The van der Waals surface area contributed by atoms with E-state index in [9.17, 15) is 9.65 Å². The summed E-state index contributed by atoms with van der Waals surface area (Å²) in [5.74, 6) is -0.325. The molecule has 140 valence electrons. The third-order valence-corrected chi connectivity index (χ3v) is 5.55. The average Bonchev–Trinajstić information content (AvgIpc) is 3.27. The van der Waals surface area contributed by atoms with Crippen LogP contribution in [0.1, 0.15) is 23.2 Å². The second-order valence-electron chi connectivity index (χ2n) is 5.95. The number of aryl methyl sites for hydroxylation is 1. The van der Waals surface area contributed by atoms with Crippen molar-refractivity contribution in [1.29, 1.82) is 5.26 Å². The van der Waals surface area contributed by atoms with Crippen LogP contribution in [0.4, 0.5) is 9.52 Å². The first-order valence-electron chi connectivity index (χ1n) is 8.52. The number of anilines is 1. The van der Waals surface area contributed by atoms with E-state index in [0.717, 1.165) is 28.1 Å². The molecular formula is C19H14BrFN6S. The fourth-order valence-corrected chi connectivity index (χ4v) is 3.97. The van der Waals surface area contributed by atoms with Crippen LogP contribution in [0, 0.1) is 17.1 Å². The predicted molar refractivity (Wildman–Crippen MR) is 110 cm³/mol. The number of nitriles is 1. The molecule has 0 aliphatic heterocycles. The van der Waals surface area contributed by atoms with Crippen molar-refractivity contribution >= 4 is 38.0 Å². The Balaban J connectivity index is 1.64. The maximum atomic E-state index is 13.2. The first-order valence-corrected chi connectivity index (χ1v) is 10.1. The van der Waals surface area contributed by atoms with E-state index in [-0.39, 0.29) is 5.82 Å². The zero-order valence-electron chi connectivity index (χ0n) is 14.8. The van der Waals surface area contributed by atoms with Crippen LogP contribution in [-0.2, 0) is 13.0 Å². The highest BCUT2D eigenvalue weighted by molar-refractivity contribution is 9.10. The average molecular weight is 457 g/mol. The maximum Gasteiger partial charge on any atom is 0.184 e. The topological polar surface area (TPSA) is 78.9 Å². The van der Waals surface area contributed by atoms with Gasteiger partial charge in [-0.1, -0.05) is 18.3 Å². The highest BCUT2D eigenvalue weighted by Crippen LogP contribution is 2.31. The van der Waals surface area contributed by atoms with Gasteiger partial charge in [0, 0.05) is 5.56 Å². The summed E-state index contributed by atoms with van der Waals surface area (Å²) in [5, 5.41) is 17.8. The van der Waals surface area contributed by atoms with Gasteiger partial charge < -0.3 is 5.32 Å². The normalized spacial score (nSPS) is 10.9. The predicted octanol–water partition coefficient (Wildman–Crippen LogP) is 4.80. The molecule has 0 unspecified atom stereocenters. The Morgan fingerprint density at radius 1 is 1.21 bits per heavy atom. The van der Waals surface area contributed by atoms with Gasteiger partial charge in [0.25, 0.3) is 0 Å². The number of aromatic nitrogens is 4. The second-order valence-corrected chi connectivity index (χ2v) is 7.77. The lowest BCUT2D eigenvalue weighted by atomic mass is 10.1. The third kappa shape index (κ3) is 3.48. The number of rotatable bonds is 5. The summed E-state index contributed by atoms with van der Waals surface area (Å²) in [6.07, 6.45) is 0.778. The summed E-state index contributed by atoms with van der Waals surface area (Å²) >= 11 is 4.66. The highest BCUT2D eigenvalue weighted by Gasteiger charge is 2.16. The van der Waals surface area contributed by atoms with Gasteiger partial charge in [-0.05, 0) is 58.7 Å². The molecule has 6 nitrogen and oxygen atoms in total. The molecule has 4 rings (SSSR count). The van der Waals surface area contributed by atoms with Crippen LogP contribution in [-0.4, -0.2) is 19.6 Å². The van der Waals surface area contributed by atoms with E-state index in [4.69, 9.17) is 0 Å². The van der Waals surface area contributed by atoms with Gasteiger partial charge in [0.15, 0.2) is 10.8 Å². The Morgan fingerprint density at radius 2 is 2.00 bits per heavy atom. The van der Waals surface area contributed by atoms with E-state index >= 15 is 0 Å². The van der Waals surface area contributed by atoms with E-state index in [1.54, 1.807) is 16.6 Å². The minimum Gasteiger partial charge on any atom is -0.356 e. The Hall–Kier alpha value is -2.83. The Morgan fingerprint density at radius 3 is 2.71 bits per heavy atom. The monoisotopic (exact) mass is 456 g/mol. The van der Waals surface area contributed by atoms with Gasteiger partial charge in [0.05, 0.1) is 17.9 Å². The van der Waals surface area contributed by atoms with Crippen LogP contribution in [0.3, 0.4) is 0 Å². The van der Waals surface area contributed by atoms with E-state index in [1.165, 1.54) is 23.5 Å². The Labute approximate surface area is 172 Å². The van der Waals surface area contributed by atoms with Gasteiger partial charge in [0.1, 0.15) is 27.1 Å². The Kier molecular flexibility index (Phi) is 5.07. The molecule has 0 aliphatic rings. The summed E-state index contributed by atoms with van der Waals surface area (Å²) in [5.41, 5.74) is 3.92. The summed E-state index contributed by atoms with van der Waals surface area (Å²) in [4.78, 5) is 9.63. The van der Waals surface area contributed by atoms with Gasteiger partial charge in [-0.15, -0.1) is 0 Å². The number of imidazole rings is 1. The molecule has 0 saturated heterocycles. The molecule has 3 heterocycles. The van der Waals surface area contributed by atoms with Crippen LogP contribution in [0.2, 0.25) is 0 Å². The molecule has 0 amide bonds. The molecule has 1 aromatic carbocycles. The highest BCUT2D eigenvalue weighted by atomic mass is 79.9. The van der Waals surface area contributed by atoms with Gasteiger partial charge in [-0.25, -0.2) is 18.9 Å². The quantitative estimate of drug-likeness (QED) is 0.466. The number of nitrogens with zero attached hydrogens (tertiary/aromatic N) is 5. The number of halogens is 2. The number of hydrogen-bond donors (Lipinski definition) is 1. The summed E-state index contributed by atoms with van der Waals surface area (Å²) in [6.45, 7) is 2.51. The van der Waals surface area contributed by atoms with Crippen LogP contribution < -0.4 is 5.32 Å². The molecule has 28 heavy (non-hydrogen) atoms. The maximum absolute atomic E-state index is 13.2. The molecule has 0 atom stereocenters. The lowest BCUT2D eigenvalue weighted by Gasteiger charge is -2.05. The first-order chi connectivity index (χ1) is 13.6. The lowest BCUT2D eigenvalue weighted by Crippen LogP contribution is -2.07. The van der Waals surface area contributed by atoms with Crippen LogP contribution >= 0.6 is 27.3 Å².